The first-order valence-electron chi connectivity index (χ1n) is 8.40. The number of allylic oxidation sites excluding steroid dienone is 1. The number of fused-ring (bicyclic) bond motifs is 1. The predicted octanol–water partition coefficient (Wildman–Crippen LogP) is 4.24. The van der Waals surface area contributed by atoms with E-state index in [0.29, 0.717) is 16.1 Å². The van der Waals surface area contributed by atoms with E-state index in [0.717, 1.165) is 28.7 Å². The number of hydrogen-bond acceptors (Lipinski definition) is 3. The highest BCUT2D eigenvalue weighted by Gasteiger charge is 2.13. The van der Waals surface area contributed by atoms with E-state index in [-0.39, 0.29) is 24.4 Å². The lowest BCUT2D eigenvalue weighted by atomic mass is 10.1. The number of ether oxygens (including phenoxy) is 1. The zero-order valence-corrected chi connectivity index (χ0v) is 15.6. The normalized spacial score (nSPS) is 11.7. The second kappa shape index (κ2) is 8.26. The second-order valence-corrected chi connectivity index (χ2v) is 6.79. The molecule has 0 atom stereocenters. The second-order valence-electron chi connectivity index (χ2n) is 5.78. The van der Waals surface area contributed by atoms with E-state index in [1.807, 2.05) is 6.92 Å². The maximum atomic E-state index is 14.2. The number of carbonyl (C=O) groups excluding carboxylic acids is 1. The number of halogens is 2. The molecule has 0 aliphatic carbocycles. The van der Waals surface area contributed by atoms with Crippen molar-refractivity contribution in [3.05, 3.63) is 71.1 Å². The monoisotopic (exact) mass is 388 g/mol. The van der Waals surface area contributed by atoms with E-state index in [9.17, 15) is 13.6 Å². The molecule has 0 saturated heterocycles. The molecule has 1 amide bonds. The molecule has 0 spiro atoms. The van der Waals surface area contributed by atoms with Gasteiger partial charge < -0.3 is 9.30 Å². The summed E-state index contributed by atoms with van der Waals surface area (Å²) in [4.78, 5) is 16.8. The Morgan fingerprint density at radius 1 is 1.30 bits per heavy atom. The van der Waals surface area contributed by atoms with Crippen molar-refractivity contribution in [3.8, 4) is 5.75 Å². The molecule has 2 aromatic carbocycles. The molecule has 3 rings (SSSR count). The number of benzene rings is 2. The zero-order valence-electron chi connectivity index (χ0n) is 14.7. The fraction of sp³-hybridized carbons (Fsp3) is 0.200. The van der Waals surface area contributed by atoms with Gasteiger partial charge in [0.1, 0.15) is 11.6 Å². The van der Waals surface area contributed by atoms with E-state index >= 15 is 0 Å². The van der Waals surface area contributed by atoms with Crippen molar-refractivity contribution in [2.75, 3.05) is 6.61 Å². The molecular weight excluding hydrogens is 370 g/mol. The first-order valence-corrected chi connectivity index (χ1v) is 9.22. The lowest BCUT2D eigenvalue weighted by Gasteiger charge is -2.04. The van der Waals surface area contributed by atoms with Crippen LogP contribution >= 0.6 is 11.3 Å². The number of carbonyl (C=O) groups is 1. The number of hydrogen-bond donors (Lipinski definition) is 0. The molecule has 1 aromatic heterocycles. The Balaban J connectivity index is 1.94. The number of aromatic nitrogens is 1. The maximum Gasteiger partial charge on any atom is 0.252 e. The summed E-state index contributed by atoms with van der Waals surface area (Å²) in [6.45, 7) is 6.38. The quantitative estimate of drug-likeness (QED) is 0.593. The first-order chi connectivity index (χ1) is 13.0. The van der Waals surface area contributed by atoms with Crippen LogP contribution in [0.4, 0.5) is 8.78 Å². The zero-order chi connectivity index (χ0) is 19.4. The molecule has 140 valence electrons. The molecule has 0 N–H and O–H groups in total. The van der Waals surface area contributed by atoms with Crippen LogP contribution in [0, 0.1) is 11.6 Å². The minimum atomic E-state index is -0.691. The van der Waals surface area contributed by atoms with Gasteiger partial charge in [0.15, 0.2) is 10.6 Å². The standard InChI is InChI=1S/C20H18F2N2O2S/c1-3-9-24-19-16(22)11-14(21)12-17(19)27-20(24)23-18(25)10-13-5-7-15(8-6-13)26-4-2/h3,5-8,11-12H,1,4,9-10H2,2H3. The van der Waals surface area contributed by atoms with E-state index in [4.69, 9.17) is 4.74 Å². The van der Waals surface area contributed by atoms with Gasteiger partial charge >= 0.3 is 0 Å². The Hall–Kier alpha value is -2.80. The highest BCUT2D eigenvalue weighted by molar-refractivity contribution is 7.16. The molecule has 0 radical (unpaired) electrons. The average molecular weight is 388 g/mol. The molecule has 0 bridgehead atoms. The Bertz CT molecular complexity index is 1050. The highest BCUT2D eigenvalue weighted by Crippen LogP contribution is 2.22. The third kappa shape index (κ3) is 4.31. The van der Waals surface area contributed by atoms with Gasteiger partial charge in [-0.1, -0.05) is 29.5 Å². The smallest absolute Gasteiger partial charge is 0.252 e. The lowest BCUT2D eigenvalue weighted by molar-refractivity contribution is -0.117. The van der Waals surface area contributed by atoms with Crippen LogP contribution in [0.15, 0.2) is 54.0 Å². The van der Waals surface area contributed by atoms with Crippen LogP contribution < -0.4 is 9.54 Å². The summed E-state index contributed by atoms with van der Waals surface area (Å²) in [5.74, 6) is -0.997. The first kappa shape index (κ1) is 19.0. The molecule has 0 aliphatic rings. The molecular formula is C20H18F2N2O2S. The van der Waals surface area contributed by atoms with Crippen molar-refractivity contribution in [1.29, 1.82) is 0 Å². The average Bonchev–Trinajstić information content (AvgIpc) is 2.94. The maximum absolute atomic E-state index is 14.2. The molecule has 0 unspecified atom stereocenters. The van der Waals surface area contributed by atoms with Crippen LogP contribution in [0.1, 0.15) is 12.5 Å². The van der Waals surface area contributed by atoms with Gasteiger partial charge in [-0.15, -0.1) is 6.58 Å². The van der Waals surface area contributed by atoms with Gasteiger partial charge in [0, 0.05) is 12.6 Å². The third-order valence-electron chi connectivity index (χ3n) is 3.82. The van der Waals surface area contributed by atoms with Crippen molar-refractivity contribution in [2.45, 2.75) is 19.9 Å². The Kier molecular flexibility index (Phi) is 5.81. The van der Waals surface area contributed by atoms with Gasteiger partial charge in [0.25, 0.3) is 5.91 Å². The van der Waals surface area contributed by atoms with Crippen molar-refractivity contribution in [2.24, 2.45) is 4.99 Å². The minimum absolute atomic E-state index is 0.103. The van der Waals surface area contributed by atoms with Gasteiger partial charge in [0.2, 0.25) is 0 Å². The highest BCUT2D eigenvalue weighted by atomic mass is 32.1. The van der Waals surface area contributed by atoms with Crippen molar-refractivity contribution >= 4 is 27.5 Å². The molecule has 0 fully saturated rings. The number of rotatable bonds is 6. The molecule has 4 nitrogen and oxygen atoms in total. The summed E-state index contributed by atoms with van der Waals surface area (Å²) in [6.07, 6.45) is 1.68. The molecule has 3 aromatic rings. The van der Waals surface area contributed by atoms with Crippen LogP contribution in [-0.2, 0) is 17.8 Å². The Labute approximate surface area is 159 Å². The van der Waals surface area contributed by atoms with E-state index in [2.05, 4.69) is 11.6 Å². The summed E-state index contributed by atoms with van der Waals surface area (Å²) >= 11 is 1.07. The number of amides is 1. The van der Waals surface area contributed by atoms with Gasteiger partial charge in [-0.2, -0.15) is 4.99 Å². The van der Waals surface area contributed by atoms with Crippen molar-refractivity contribution in [1.82, 2.24) is 4.57 Å². The molecule has 0 aliphatic heterocycles. The van der Waals surface area contributed by atoms with Gasteiger partial charge in [0.05, 0.1) is 23.2 Å². The van der Waals surface area contributed by atoms with Crippen LogP contribution in [0.2, 0.25) is 0 Å². The van der Waals surface area contributed by atoms with Crippen molar-refractivity contribution in [3.63, 3.8) is 0 Å². The Morgan fingerprint density at radius 2 is 2.04 bits per heavy atom. The predicted molar refractivity (Wildman–Crippen MR) is 102 cm³/mol. The fourth-order valence-electron chi connectivity index (χ4n) is 2.70. The van der Waals surface area contributed by atoms with E-state index in [1.54, 1.807) is 30.3 Å². The van der Waals surface area contributed by atoms with E-state index in [1.165, 1.54) is 10.6 Å². The fourth-order valence-corrected chi connectivity index (χ4v) is 3.80. The summed E-state index contributed by atoms with van der Waals surface area (Å²) in [5.41, 5.74) is 1.01. The summed E-state index contributed by atoms with van der Waals surface area (Å²) in [6, 6.07) is 9.24. The number of nitrogens with zero attached hydrogens (tertiary/aromatic N) is 2. The molecule has 0 saturated carbocycles. The minimum Gasteiger partial charge on any atom is -0.494 e. The summed E-state index contributed by atoms with van der Waals surface area (Å²) < 4.78 is 35.0. The van der Waals surface area contributed by atoms with Crippen LogP contribution in [0.5, 0.6) is 5.75 Å². The molecule has 27 heavy (non-hydrogen) atoms. The molecule has 1 heterocycles. The van der Waals surface area contributed by atoms with Gasteiger partial charge in [-0.25, -0.2) is 8.78 Å². The summed E-state index contributed by atoms with van der Waals surface area (Å²) in [5, 5.41) is 0. The number of thiazole rings is 1. The van der Waals surface area contributed by atoms with Crippen molar-refractivity contribution < 1.29 is 18.3 Å². The van der Waals surface area contributed by atoms with Gasteiger partial charge in [-0.3, -0.25) is 4.79 Å². The third-order valence-corrected chi connectivity index (χ3v) is 4.84. The SMILES string of the molecule is C=CCn1c(=NC(=O)Cc2ccc(OCC)cc2)sc2cc(F)cc(F)c21. The van der Waals surface area contributed by atoms with E-state index < -0.39 is 11.6 Å². The summed E-state index contributed by atoms with van der Waals surface area (Å²) in [7, 11) is 0. The van der Waals surface area contributed by atoms with Gasteiger partial charge in [-0.05, 0) is 30.7 Å². The molecule has 7 heteroatoms. The largest absolute Gasteiger partial charge is 0.494 e. The lowest BCUT2D eigenvalue weighted by Crippen LogP contribution is -2.17. The topological polar surface area (TPSA) is 43.6 Å². The van der Waals surface area contributed by atoms with Crippen LogP contribution in [-0.4, -0.2) is 17.1 Å². The van der Waals surface area contributed by atoms with Crippen LogP contribution in [0.25, 0.3) is 10.2 Å². The van der Waals surface area contributed by atoms with Crippen LogP contribution in [0.3, 0.4) is 0 Å². The Morgan fingerprint density at radius 3 is 2.70 bits per heavy atom.